The van der Waals surface area contributed by atoms with Crippen LogP contribution in [0.4, 0.5) is 0 Å². The molecule has 0 atom stereocenters. The molecular weight excluding hydrogens is 475 g/mol. The number of carbonyl (C=O) groups excluding carboxylic acids is 1. The van der Waals surface area contributed by atoms with Crippen molar-refractivity contribution < 1.29 is 4.79 Å². The normalized spacial score (nSPS) is 10.7. The number of rotatable bonds is 7. The van der Waals surface area contributed by atoms with E-state index >= 15 is 0 Å². The van der Waals surface area contributed by atoms with Crippen molar-refractivity contribution >= 4 is 47.4 Å². The van der Waals surface area contributed by atoms with Gasteiger partial charge in [0.15, 0.2) is 5.96 Å². The van der Waals surface area contributed by atoms with Crippen molar-refractivity contribution in [2.75, 3.05) is 19.6 Å². The first-order valence-electron chi connectivity index (χ1n) is 8.70. The van der Waals surface area contributed by atoms with Crippen LogP contribution in [0.3, 0.4) is 0 Å². The van der Waals surface area contributed by atoms with Crippen molar-refractivity contribution in [3.8, 4) is 0 Å². The van der Waals surface area contributed by atoms with Gasteiger partial charge in [0.2, 0.25) is 0 Å². The lowest BCUT2D eigenvalue weighted by atomic mass is 10.1. The molecule has 0 spiro atoms. The molecule has 1 amide bonds. The van der Waals surface area contributed by atoms with Crippen molar-refractivity contribution in [1.29, 1.82) is 0 Å². The number of hydrogen-bond acceptors (Lipinski definition) is 2. The van der Waals surface area contributed by atoms with Crippen LogP contribution in [0, 0.1) is 6.92 Å². The van der Waals surface area contributed by atoms with E-state index in [1.807, 2.05) is 13.0 Å². The summed E-state index contributed by atoms with van der Waals surface area (Å²) in [5, 5.41) is 9.72. The molecule has 2 aromatic rings. The lowest BCUT2D eigenvalue weighted by Crippen LogP contribution is -2.41. The minimum absolute atomic E-state index is 0. The Hall–Kier alpha value is -1.80. The van der Waals surface area contributed by atoms with Gasteiger partial charge in [-0.05, 0) is 31.5 Å². The van der Waals surface area contributed by atoms with Crippen LogP contribution < -0.4 is 16.0 Å². The van der Waals surface area contributed by atoms with Crippen molar-refractivity contribution in [1.82, 2.24) is 16.0 Å². The van der Waals surface area contributed by atoms with Gasteiger partial charge in [-0.1, -0.05) is 53.6 Å². The number of benzene rings is 2. The Labute approximate surface area is 183 Å². The average Bonchev–Trinajstić information content (AvgIpc) is 2.63. The Bertz CT molecular complexity index is 767. The number of nitrogens with one attached hydrogen (secondary N) is 3. The summed E-state index contributed by atoms with van der Waals surface area (Å²) in [5.41, 5.74) is 2.86. The molecule has 3 N–H and O–H groups in total. The topological polar surface area (TPSA) is 65.5 Å². The van der Waals surface area contributed by atoms with Gasteiger partial charge in [-0.2, -0.15) is 0 Å². The van der Waals surface area contributed by atoms with Crippen molar-refractivity contribution in [3.63, 3.8) is 0 Å². The van der Waals surface area contributed by atoms with Crippen molar-refractivity contribution in [2.45, 2.75) is 20.4 Å². The third-order valence-electron chi connectivity index (χ3n) is 3.67. The monoisotopic (exact) mass is 500 g/mol. The molecule has 0 aliphatic carbocycles. The number of aryl methyl sites for hydroxylation is 1. The zero-order valence-electron chi connectivity index (χ0n) is 15.6. The molecule has 146 valence electrons. The molecule has 0 heterocycles. The fourth-order valence-electron chi connectivity index (χ4n) is 2.42. The molecule has 0 aliphatic rings. The largest absolute Gasteiger partial charge is 0.357 e. The molecule has 2 aromatic carbocycles. The third-order valence-corrected chi connectivity index (χ3v) is 4.00. The first-order valence-corrected chi connectivity index (χ1v) is 9.08. The number of guanidine groups is 1. The van der Waals surface area contributed by atoms with E-state index in [-0.39, 0.29) is 29.9 Å². The molecule has 0 saturated heterocycles. The number of aliphatic imine (C=N–C) groups is 1. The highest BCUT2D eigenvalue weighted by Gasteiger charge is 2.08. The highest BCUT2D eigenvalue weighted by Crippen LogP contribution is 2.14. The van der Waals surface area contributed by atoms with Crippen LogP contribution >= 0.6 is 35.6 Å². The maximum Gasteiger partial charge on any atom is 0.252 e. The minimum Gasteiger partial charge on any atom is -0.357 e. The molecule has 0 bridgehead atoms. The van der Waals surface area contributed by atoms with Gasteiger partial charge < -0.3 is 16.0 Å². The Morgan fingerprint density at radius 2 is 1.78 bits per heavy atom. The zero-order chi connectivity index (χ0) is 18.8. The maximum absolute atomic E-state index is 12.1. The summed E-state index contributed by atoms with van der Waals surface area (Å²) >= 11 is 6.03. The summed E-state index contributed by atoms with van der Waals surface area (Å²) < 4.78 is 0. The average molecular weight is 501 g/mol. The number of amides is 1. The number of carbonyl (C=O) groups is 1. The molecular formula is C20H26ClIN4O. The van der Waals surface area contributed by atoms with E-state index in [2.05, 4.69) is 46.1 Å². The van der Waals surface area contributed by atoms with Gasteiger partial charge in [-0.25, -0.2) is 4.99 Å². The smallest absolute Gasteiger partial charge is 0.252 e. The van der Waals surface area contributed by atoms with E-state index in [0.29, 0.717) is 30.2 Å². The zero-order valence-corrected chi connectivity index (χ0v) is 18.7. The Morgan fingerprint density at radius 1 is 1.04 bits per heavy atom. The number of halogens is 2. The maximum atomic E-state index is 12.1. The second-order valence-corrected chi connectivity index (χ2v) is 6.25. The van der Waals surface area contributed by atoms with Crippen molar-refractivity contribution in [2.24, 2.45) is 4.99 Å². The molecule has 0 radical (unpaired) electrons. The number of nitrogens with zero attached hydrogens (tertiary/aromatic N) is 1. The van der Waals surface area contributed by atoms with E-state index < -0.39 is 0 Å². The Kier molecular flexibility index (Phi) is 10.8. The van der Waals surface area contributed by atoms with E-state index in [1.165, 1.54) is 5.56 Å². The van der Waals surface area contributed by atoms with Crippen LogP contribution in [0.5, 0.6) is 0 Å². The lowest BCUT2D eigenvalue weighted by Gasteiger charge is -2.12. The Morgan fingerprint density at radius 3 is 2.48 bits per heavy atom. The third kappa shape index (κ3) is 8.17. The van der Waals surface area contributed by atoms with Crippen LogP contribution in [0.25, 0.3) is 0 Å². The second-order valence-electron chi connectivity index (χ2n) is 5.85. The molecule has 7 heteroatoms. The fraction of sp³-hybridized carbons (Fsp3) is 0.300. The summed E-state index contributed by atoms with van der Waals surface area (Å²) in [6.45, 7) is 6.49. The van der Waals surface area contributed by atoms with Crippen LogP contribution in [0.1, 0.15) is 28.4 Å². The molecule has 2 rings (SSSR count). The van der Waals surface area contributed by atoms with Crippen molar-refractivity contribution in [3.05, 3.63) is 70.2 Å². The lowest BCUT2D eigenvalue weighted by molar-refractivity contribution is 0.0954. The molecule has 0 unspecified atom stereocenters. The summed E-state index contributed by atoms with van der Waals surface area (Å²) in [6.07, 6.45) is 0. The molecule has 27 heavy (non-hydrogen) atoms. The summed E-state index contributed by atoms with van der Waals surface area (Å²) in [7, 11) is 0. The van der Waals surface area contributed by atoms with Gasteiger partial charge in [0, 0.05) is 19.6 Å². The van der Waals surface area contributed by atoms with Crippen LogP contribution in [-0.4, -0.2) is 31.5 Å². The molecule has 0 saturated carbocycles. The van der Waals surface area contributed by atoms with E-state index in [4.69, 9.17) is 11.6 Å². The highest BCUT2D eigenvalue weighted by atomic mass is 127. The van der Waals surface area contributed by atoms with Gasteiger partial charge in [-0.15, -0.1) is 24.0 Å². The van der Waals surface area contributed by atoms with Crippen LogP contribution in [0.2, 0.25) is 5.02 Å². The quantitative estimate of drug-likeness (QED) is 0.235. The fourth-order valence-corrected chi connectivity index (χ4v) is 2.64. The number of hydrogen-bond donors (Lipinski definition) is 3. The van der Waals surface area contributed by atoms with Gasteiger partial charge in [0.05, 0.1) is 17.1 Å². The van der Waals surface area contributed by atoms with Gasteiger partial charge >= 0.3 is 0 Å². The molecule has 0 fully saturated rings. The summed E-state index contributed by atoms with van der Waals surface area (Å²) in [5.74, 6) is 0.542. The van der Waals surface area contributed by atoms with E-state index in [1.54, 1.807) is 24.3 Å². The first kappa shape index (κ1) is 23.2. The van der Waals surface area contributed by atoms with Gasteiger partial charge in [0.25, 0.3) is 5.91 Å². The van der Waals surface area contributed by atoms with Gasteiger partial charge in [-0.3, -0.25) is 4.79 Å². The van der Waals surface area contributed by atoms with E-state index in [0.717, 1.165) is 18.1 Å². The molecule has 5 nitrogen and oxygen atoms in total. The molecule has 0 aromatic heterocycles. The molecule has 0 aliphatic heterocycles. The van der Waals surface area contributed by atoms with E-state index in [9.17, 15) is 4.79 Å². The highest BCUT2D eigenvalue weighted by molar-refractivity contribution is 14.0. The predicted molar refractivity (Wildman–Crippen MR) is 123 cm³/mol. The Balaban J connectivity index is 0.00000364. The minimum atomic E-state index is -0.181. The SMILES string of the molecule is CCNC(=NCc1cccc(C)c1)NCCNC(=O)c1ccccc1Cl.I. The first-order chi connectivity index (χ1) is 12.6. The standard InChI is InChI=1S/C20H25ClN4O.HI/c1-3-22-20(25-14-16-8-6-7-15(2)13-16)24-12-11-23-19(26)17-9-4-5-10-18(17)21;/h4-10,13H,3,11-12,14H2,1-2H3,(H,23,26)(H2,22,24,25);1H. The van der Waals surface area contributed by atoms with Crippen LogP contribution in [-0.2, 0) is 6.54 Å². The summed E-state index contributed by atoms with van der Waals surface area (Å²) in [6, 6.07) is 15.3. The second kappa shape index (κ2) is 12.6. The summed E-state index contributed by atoms with van der Waals surface area (Å²) in [4.78, 5) is 16.7. The van der Waals surface area contributed by atoms with Crippen LogP contribution in [0.15, 0.2) is 53.5 Å². The predicted octanol–water partition coefficient (Wildman–Crippen LogP) is 3.75. The van der Waals surface area contributed by atoms with Gasteiger partial charge in [0.1, 0.15) is 0 Å².